The van der Waals surface area contributed by atoms with E-state index in [9.17, 15) is 9.50 Å². The molecule has 0 saturated carbocycles. The second-order valence-corrected chi connectivity index (χ2v) is 7.11. The Morgan fingerprint density at radius 2 is 1.93 bits per heavy atom. The standard InChI is InChI=1S/C22H26FN5O/c1-4-13-28-20(15-9-7-10-16(23)14-15)27-18-19(24)25-17(26-21(18)28)11-8-12-22(29,5-2)6-3/h7,9-10,14,29H,4-6,12-13H2,1-3H3,(H2,24,25,26). The van der Waals surface area contributed by atoms with Crippen LogP contribution >= 0.6 is 0 Å². The van der Waals surface area contributed by atoms with Gasteiger partial charge in [-0.2, -0.15) is 0 Å². The summed E-state index contributed by atoms with van der Waals surface area (Å²) in [4.78, 5) is 13.4. The largest absolute Gasteiger partial charge is 0.389 e. The molecule has 0 aliphatic heterocycles. The van der Waals surface area contributed by atoms with Crippen molar-refractivity contribution in [2.75, 3.05) is 5.73 Å². The van der Waals surface area contributed by atoms with Gasteiger partial charge in [-0.1, -0.05) is 38.8 Å². The predicted octanol–water partition coefficient (Wildman–Crippen LogP) is 3.92. The van der Waals surface area contributed by atoms with Gasteiger partial charge < -0.3 is 15.4 Å². The molecule has 3 rings (SSSR count). The number of rotatable bonds is 6. The van der Waals surface area contributed by atoms with Crippen molar-refractivity contribution in [2.45, 2.75) is 58.6 Å². The predicted molar refractivity (Wildman–Crippen MR) is 112 cm³/mol. The van der Waals surface area contributed by atoms with E-state index < -0.39 is 5.60 Å². The summed E-state index contributed by atoms with van der Waals surface area (Å²) in [5.41, 5.74) is 7.03. The normalized spacial score (nSPS) is 11.5. The van der Waals surface area contributed by atoms with Crippen LogP contribution in [-0.2, 0) is 6.54 Å². The molecular formula is C22H26FN5O. The second-order valence-electron chi connectivity index (χ2n) is 7.11. The first-order chi connectivity index (χ1) is 13.9. The van der Waals surface area contributed by atoms with Gasteiger partial charge in [-0.3, -0.25) is 0 Å². The number of aliphatic hydroxyl groups is 1. The van der Waals surface area contributed by atoms with E-state index in [1.54, 1.807) is 12.1 Å². The molecule has 7 heteroatoms. The van der Waals surface area contributed by atoms with Crippen molar-refractivity contribution < 1.29 is 9.50 Å². The summed E-state index contributed by atoms with van der Waals surface area (Å²) in [7, 11) is 0. The van der Waals surface area contributed by atoms with E-state index in [1.165, 1.54) is 12.1 Å². The van der Waals surface area contributed by atoms with Crippen molar-refractivity contribution >= 4 is 17.0 Å². The number of halogens is 1. The van der Waals surface area contributed by atoms with Crippen molar-refractivity contribution in [3.63, 3.8) is 0 Å². The van der Waals surface area contributed by atoms with Crippen molar-refractivity contribution in [1.82, 2.24) is 19.5 Å². The minimum absolute atomic E-state index is 0.230. The van der Waals surface area contributed by atoms with Crippen molar-refractivity contribution in [3.8, 4) is 23.2 Å². The van der Waals surface area contributed by atoms with Crippen molar-refractivity contribution in [3.05, 3.63) is 35.9 Å². The molecule has 0 spiro atoms. The van der Waals surface area contributed by atoms with Gasteiger partial charge in [-0.15, -0.1) is 0 Å². The summed E-state index contributed by atoms with van der Waals surface area (Å²) in [6, 6.07) is 6.28. The van der Waals surface area contributed by atoms with Gasteiger partial charge in [0, 0.05) is 18.5 Å². The number of fused-ring (bicyclic) bond motifs is 1. The fourth-order valence-electron chi connectivity index (χ4n) is 3.15. The fourth-order valence-corrected chi connectivity index (χ4v) is 3.15. The number of aryl methyl sites for hydroxylation is 1. The Balaban J connectivity index is 2.08. The minimum Gasteiger partial charge on any atom is -0.389 e. The molecule has 152 valence electrons. The first kappa shape index (κ1) is 20.7. The number of hydrogen-bond acceptors (Lipinski definition) is 5. The highest BCUT2D eigenvalue weighted by Crippen LogP contribution is 2.27. The van der Waals surface area contributed by atoms with Gasteiger partial charge in [-0.05, 0) is 37.3 Å². The molecule has 0 bridgehead atoms. The summed E-state index contributed by atoms with van der Waals surface area (Å²) in [5, 5.41) is 10.4. The van der Waals surface area contributed by atoms with Gasteiger partial charge in [0.2, 0.25) is 5.82 Å². The maximum absolute atomic E-state index is 13.7. The van der Waals surface area contributed by atoms with E-state index in [-0.39, 0.29) is 17.5 Å². The molecule has 0 atom stereocenters. The van der Waals surface area contributed by atoms with Crippen molar-refractivity contribution in [1.29, 1.82) is 0 Å². The maximum Gasteiger partial charge on any atom is 0.208 e. The Morgan fingerprint density at radius 3 is 2.59 bits per heavy atom. The van der Waals surface area contributed by atoms with E-state index in [0.717, 1.165) is 6.42 Å². The molecule has 0 radical (unpaired) electrons. The summed E-state index contributed by atoms with van der Waals surface area (Å²) in [6.45, 7) is 6.56. The maximum atomic E-state index is 13.7. The summed E-state index contributed by atoms with van der Waals surface area (Å²) in [6.07, 6.45) is 2.43. The van der Waals surface area contributed by atoms with Crippen LogP contribution in [0.1, 0.15) is 52.3 Å². The lowest BCUT2D eigenvalue weighted by molar-refractivity contribution is 0.0375. The highest BCUT2D eigenvalue weighted by Gasteiger charge is 2.21. The highest BCUT2D eigenvalue weighted by atomic mass is 19.1. The highest BCUT2D eigenvalue weighted by molar-refractivity contribution is 5.85. The zero-order valence-electron chi connectivity index (χ0n) is 17.0. The summed E-state index contributed by atoms with van der Waals surface area (Å²) in [5.74, 6) is 6.67. The van der Waals surface area contributed by atoms with Crippen LogP contribution < -0.4 is 5.73 Å². The zero-order valence-corrected chi connectivity index (χ0v) is 17.0. The molecule has 3 N–H and O–H groups in total. The molecule has 0 unspecified atom stereocenters. The Morgan fingerprint density at radius 1 is 1.17 bits per heavy atom. The Hall–Kier alpha value is -2.98. The van der Waals surface area contributed by atoms with Gasteiger partial charge in [0.15, 0.2) is 17.0 Å². The minimum atomic E-state index is -0.808. The first-order valence-electron chi connectivity index (χ1n) is 9.91. The number of imidazole rings is 1. The van der Waals surface area contributed by atoms with Gasteiger partial charge >= 0.3 is 0 Å². The molecule has 2 heterocycles. The van der Waals surface area contributed by atoms with Crippen LogP contribution in [0, 0.1) is 17.7 Å². The molecule has 0 aliphatic rings. The number of benzene rings is 1. The van der Waals surface area contributed by atoms with Crippen LogP contribution in [-0.4, -0.2) is 30.2 Å². The zero-order chi connectivity index (χ0) is 21.0. The van der Waals surface area contributed by atoms with Crippen LogP contribution in [0.3, 0.4) is 0 Å². The van der Waals surface area contributed by atoms with Crippen LogP contribution in [0.15, 0.2) is 24.3 Å². The average molecular weight is 395 g/mol. The molecule has 0 amide bonds. The molecule has 1 aromatic carbocycles. The van der Waals surface area contributed by atoms with Crippen molar-refractivity contribution in [2.24, 2.45) is 0 Å². The fraction of sp³-hybridized carbons (Fsp3) is 0.409. The van der Waals surface area contributed by atoms with Crippen LogP contribution in [0.2, 0.25) is 0 Å². The quantitative estimate of drug-likeness (QED) is 0.618. The van der Waals surface area contributed by atoms with Gasteiger partial charge in [0.05, 0.1) is 5.60 Å². The molecule has 0 fully saturated rings. The third-order valence-corrected chi connectivity index (χ3v) is 5.09. The smallest absolute Gasteiger partial charge is 0.208 e. The number of nitrogen functional groups attached to an aromatic ring is 1. The average Bonchev–Trinajstić information content (AvgIpc) is 3.07. The summed E-state index contributed by atoms with van der Waals surface area (Å²) >= 11 is 0. The summed E-state index contributed by atoms with van der Waals surface area (Å²) < 4.78 is 15.7. The van der Waals surface area contributed by atoms with Crippen LogP contribution in [0.5, 0.6) is 0 Å². The van der Waals surface area contributed by atoms with Crippen LogP contribution in [0.4, 0.5) is 10.2 Å². The number of nitrogens with two attached hydrogens (primary N) is 1. The van der Waals surface area contributed by atoms with E-state index in [1.807, 2.05) is 25.3 Å². The van der Waals surface area contributed by atoms with E-state index in [4.69, 9.17) is 5.73 Å². The number of hydrogen-bond donors (Lipinski definition) is 2. The van der Waals surface area contributed by atoms with E-state index in [0.29, 0.717) is 48.4 Å². The molecule has 2 aromatic heterocycles. The molecule has 0 aliphatic carbocycles. The second kappa shape index (κ2) is 8.58. The Bertz CT molecular complexity index is 1080. The Kier molecular flexibility index (Phi) is 6.14. The number of nitrogens with zero attached hydrogens (tertiary/aromatic N) is 4. The third-order valence-electron chi connectivity index (χ3n) is 5.09. The number of aromatic nitrogens is 4. The first-order valence-corrected chi connectivity index (χ1v) is 9.91. The molecule has 6 nitrogen and oxygen atoms in total. The molecular weight excluding hydrogens is 369 g/mol. The monoisotopic (exact) mass is 395 g/mol. The Labute approximate surface area is 170 Å². The third kappa shape index (κ3) is 4.38. The van der Waals surface area contributed by atoms with E-state index >= 15 is 0 Å². The lowest BCUT2D eigenvalue weighted by Gasteiger charge is -2.21. The van der Waals surface area contributed by atoms with E-state index in [2.05, 4.69) is 26.8 Å². The topological polar surface area (TPSA) is 89.9 Å². The lowest BCUT2D eigenvalue weighted by atomic mass is 9.94. The van der Waals surface area contributed by atoms with Gasteiger partial charge in [-0.25, -0.2) is 19.3 Å². The molecule has 0 saturated heterocycles. The van der Waals surface area contributed by atoms with Crippen LogP contribution in [0.25, 0.3) is 22.6 Å². The molecule has 29 heavy (non-hydrogen) atoms. The SMILES string of the molecule is CCCn1c(-c2cccc(F)c2)nc2c(N)nc(C#CCC(O)(CC)CC)nc21. The lowest BCUT2D eigenvalue weighted by Crippen LogP contribution is -2.25. The number of anilines is 1. The van der Waals surface area contributed by atoms with Gasteiger partial charge in [0.1, 0.15) is 11.6 Å². The molecule has 3 aromatic rings. The van der Waals surface area contributed by atoms with Gasteiger partial charge in [0.25, 0.3) is 0 Å².